The van der Waals surface area contributed by atoms with Crippen molar-refractivity contribution in [2.75, 3.05) is 19.7 Å². The highest BCUT2D eigenvalue weighted by Gasteiger charge is 2.27. The van der Waals surface area contributed by atoms with Gasteiger partial charge in [-0.1, -0.05) is 6.92 Å². The van der Waals surface area contributed by atoms with E-state index >= 15 is 0 Å². The maximum absolute atomic E-state index is 12.9. The van der Waals surface area contributed by atoms with Gasteiger partial charge in [-0.15, -0.1) is 11.3 Å². The monoisotopic (exact) mass is 362 g/mol. The van der Waals surface area contributed by atoms with Crippen molar-refractivity contribution >= 4 is 17.2 Å². The smallest absolute Gasteiger partial charge is 0.265 e. The van der Waals surface area contributed by atoms with E-state index in [2.05, 4.69) is 11.9 Å². The van der Waals surface area contributed by atoms with E-state index in [1.54, 1.807) is 12.1 Å². The van der Waals surface area contributed by atoms with E-state index in [1.165, 1.54) is 23.5 Å². The number of hydrogen-bond donors (Lipinski definition) is 0. The molecule has 1 saturated heterocycles. The molecule has 1 aromatic carbocycles. The number of aryl methyl sites for hydroxylation is 2. The molecule has 6 heteroatoms. The molecule has 2 heterocycles. The normalized spacial score (nSPS) is 17.6. The molecule has 2 aromatic rings. The van der Waals surface area contributed by atoms with Gasteiger partial charge in [-0.25, -0.2) is 9.37 Å². The lowest BCUT2D eigenvalue weighted by atomic mass is 9.98. The largest absolute Gasteiger partial charge is 0.493 e. The average Bonchev–Trinajstić information content (AvgIpc) is 3.02. The van der Waals surface area contributed by atoms with Crippen molar-refractivity contribution in [3.8, 4) is 5.75 Å². The first-order valence-electron chi connectivity index (χ1n) is 8.70. The highest BCUT2D eigenvalue weighted by Crippen LogP contribution is 2.24. The van der Waals surface area contributed by atoms with Gasteiger partial charge in [0.05, 0.1) is 17.3 Å². The molecule has 0 saturated carbocycles. The molecule has 134 valence electrons. The standard InChI is InChI=1S/C19H23FN2O2S/c1-3-17-21-13(2)18(25-17)19(23)22-10-4-5-14(11-22)12-24-16-8-6-15(20)7-9-16/h6-9,14H,3-5,10-12H2,1-2H3/t14-/m1/s1. The number of amides is 1. The number of nitrogens with zero attached hydrogens (tertiary/aromatic N) is 2. The molecule has 1 fully saturated rings. The fourth-order valence-corrected chi connectivity index (χ4v) is 4.05. The van der Waals surface area contributed by atoms with Crippen LogP contribution in [0.15, 0.2) is 24.3 Å². The Morgan fingerprint density at radius 1 is 1.40 bits per heavy atom. The van der Waals surface area contributed by atoms with Crippen LogP contribution < -0.4 is 4.74 Å². The number of aromatic nitrogens is 1. The number of hydrogen-bond acceptors (Lipinski definition) is 4. The molecule has 0 radical (unpaired) electrons. The number of rotatable bonds is 5. The number of thiazole rings is 1. The van der Waals surface area contributed by atoms with Gasteiger partial charge in [0.15, 0.2) is 0 Å². The van der Waals surface area contributed by atoms with Crippen LogP contribution in [0.1, 0.15) is 40.1 Å². The first-order valence-corrected chi connectivity index (χ1v) is 9.52. The zero-order valence-electron chi connectivity index (χ0n) is 14.6. The van der Waals surface area contributed by atoms with E-state index in [0.29, 0.717) is 24.8 Å². The minimum absolute atomic E-state index is 0.0844. The van der Waals surface area contributed by atoms with Gasteiger partial charge < -0.3 is 9.64 Å². The van der Waals surface area contributed by atoms with E-state index in [1.807, 2.05) is 11.8 Å². The predicted octanol–water partition coefficient (Wildman–Crippen LogP) is 4.08. The van der Waals surface area contributed by atoms with Gasteiger partial charge in [-0.2, -0.15) is 0 Å². The Hall–Kier alpha value is -1.95. The number of benzene rings is 1. The Bertz CT molecular complexity index is 730. The number of piperidine rings is 1. The minimum atomic E-state index is -0.270. The fraction of sp³-hybridized carbons (Fsp3) is 0.474. The second kappa shape index (κ2) is 7.95. The summed E-state index contributed by atoms with van der Waals surface area (Å²) in [6, 6.07) is 6.05. The number of halogens is 1. The van der Waals surface area contributed by atoms with Crippen molar-refractivity contribution in [2.24, 2.45) is 5.92 Å². The molecule has 1 atom stereocenters. The number of likely N-dealkylation sites (tertiary alicyclic amines) is 1. The third kappa shape index (κ3) is 4.37. The SMILES string of the molecule is CCc1nc(C)c(C(=O)N2CCC[C@@H](COc3ccc(F)cc3)C2)s1. The quantitative estimate of drug-likeness (QED) is 0.805. The summed E-state index contributed by atoms with van der Waals surface area (Å²) in [5, 5.41) is 1.01. The van der Waals surface area contributed by atoms with Crippen molar-refractivity contribution in [1.82, 2.24) is 9.88 Å². The van der Waals surface area contributed by atoms with Crippen molar-refractivity contribution in [3.05, 3.63) is 45.7 Å². The highest BCUT2D eigenvalue weighted by atomic mass is 32.1. The Morgan fingerprint density at radius 2 is 2.16 bits per heavy atom. The van der Waals surface area contributed by atoms with Crippen molar-refractivity contribution in [3.63, 3.8) is 0 Å². The Morgan fingerprint density at radius 3 is 2.84 bits per heavy atom. The van der Waals surface area contributed by atoms with Gasteiger partial charge in [-0.3, -0.25) is 4.79 Å². The second-order valence-corrected chi connectivity index (χ2v) is 7.48. The Balaban J connectivity index is 1.59. The molecular formula is C19H23FN2O2S. The van der Waals surface area contributed by atoms with Crippen LogP contribution in [0.4, 0.5) is 4.39 Å². The first kappa shape index (κ1) is 17.9. The van der Waals surface area contributed by atoms with Crippen LogP contribution in [0, 0.1) is 18.7 Å². The molecule has 0 unspecified atom stereocenters. The van der Waals surface area contributed by atoms with E-state index in [-0.39, 0.29) is 11.7 Å². The summed E-state index contributed by atoms with van der Waals surface area (Å²) < 4.78 is 18.7. The van der Waals surface area contributed by atoms with Crippen molar-refractivity contribution in [2.45, 2.75) is 33.1 Å². The van der Waals surface area contributed by atoms with Crippen molar-refractivity contribution < 1.29 is 13.9 Å². The van der Waals surface area contributed by atoms with Crippen LogP contribution in [-0.4, -0.2) is 35.5 Å². The van der Waals surface area contributed by atoms with E-state index in [9.17, 15) is 9.18 Å². The molecule has 1 aromatic heterocycles. The molecule has 25 heavy (non-hydrogen) atoms. The van der Waals surface area contributed by atoms with Crippen LogP contribution in [0.3, 0.4) is 0 Å². The lowest BCUT2D eigenvalue weighted by molar-refractivity contribution is 0.0637. The molecule has 1 aliphatic rings. The van der Waals surface area contributed by atoms with Crippen molar-refractivity contribution in [1.29, 1.82) is 0 Å². The zero-order valence-corrected chi connectivity index (χ0v) is 15.4. The van der Waals surface area contributed by atoms with Crippen LogP contribution in [-0.2, 0) is 6.42 Å². The molecule has 4 nitrogen and oxygen atoms in total. The molecule has 0 aliphatic carbocycles. The minimum Gasteiger partial charge on any atom is -0.493 e. The fourth-order valence-electron chi connectivity index (χ4n) is 3.08. The van der Waals surface area contributed by atoms with Crippen LogP contribution in [0.25, 0.3) is 0 Å². The summed E-state index contributed by atoms with van der Waals surface area (Å²) in [5.41, 5.74) is 0.830. The molecular weight excluding hydrogens is 339 g/mol. The topological polar surface area (TPSA) is 42.4 Å². The zero-order chi connectivity index (χ0) is 17.8. The van der Waals surface area contributed by atoms with Gasteiger partial charge in [-0.05, 0) is 50.5 Å². The maximum atomic E-state index is 12.9. The average molecular weight is 362 g/mol. The third-order valence-electron chi connectivity index (χ3n) is 4.44. The number of carbonyl (C=O) groups excluding carboxylic acids is 1. The summed E-state index contributed by atoms with van der Waals surface area (Å²) in [5.74, 6) is 0.770. The Labute approximate surface area is 151 Å². The number of carbonyl (C=O) groups is 1. The molecule has 0 N–H and O–H groups in total. The third-order valence-corrected chi connectivity index (χ3v) is 5.73. The van der Waals surface area contributed by atoms with Crippen LogP contribution >= 0.6 is 11.3 Å². The molecule has 1 amide bonds. The first-order chi connectivity index (χ1) is 12.1. The summed E-state index contributed by atoms with van der Waals surface area (Å²) in [6.45, 7) is 5.97. The lowest BCUT2D eigenvalue weighted by Crippen LogP contribution is -2.41. The molecule has 1 aliphatic heterocycles. The summed E-state index contributed by atoms with van der Waals surface area (Å²) in [7, 11) is 0. The summed E-state index contributed by atoms with van der Waals surface area (Å²) in [6.07, 6.45) is 2.86. The van der Waals surface area contributed by atoms with Gasteiger partial charge in [0.1, 0.15) is 16.4 Å². The molecule has 0 bridgehead atoms. The van der Waals surface area contributed by atoms with Crippen LogP contribution in [0.2, 0.25) is 0 Å². The lowest BCUT2D eigenvalue weighted by Gasteiger charge is -2.32. The highest BCUT2D eigenvalue weighted by molar-refractivity contribution is 7.13. The maximum Gasteiger partial charge on any atom is 0.265 e. The van der Waals surface area contributed by atoms with Crippen LogP contribution in [0.5, 0.6) is 5.75 Å². The van der Waals surface area contributed by atoms with Gasteiger partial charge in [0.25, 0.3) is 5.91 Å². The van der Waals surface area contributed by atoms with Gasteiger partial charge in [0.2, 0.25) is 0 Å². The van der Waals surface area contributed by atoms with E-state index in [0.717, 1.165) is 41.4 Å². The molecule has 3 rings (SSSR count). The molecule has 0 spiro atoms. The van der Waals surface area contributed by atoms with Gasteiger partial charge >= 0.3 is 0 Å². The summed E-state index contributed by atoms with van der Waals surface area (Å²) >= 11 is 1.50. The number of ether oxygens (including phenoxy) is 1. The van der Waals surface area contributed by atoms with E-state index in [4.69, 9.17) is 4.74 Å². The Kier molecular flexibility index (Phi) is 5.68. The summed E-state index contributed by atoms with van der Waals surface area (Å²) in [4.78, 5) is 20.0. The predicted molar refractivity (Wildman–Crippen MR) is 96.8 cm³/mol. The second-order valence-electron chi connectivity index (χ2n) is 6.40. The van der Waals surface area contributed by atoms with E-state index < -0.39 is 0 Å². The van der Waals surface area contributed by atoms with Gasteiger partial charge in [0, 0.05) is 19.0 Å².